The van der Waals surface area contributed by atoms with E-state index >= 15 is 0 Å². The first-order valence-electron chi connectivity index (χ1n) is 5.96. The Morgan fingerprint density at radius 2 is 2.26 bits per heavy atom. The van der Waals surface area contributed by atoms with E-state index in [9.17, 15) is 9.18 Å². The van der Waals surface area contributed by atoms with Gasteiger partial charge in [-0.1, -0.05) is 0 Å². The van der Waals surface area contributed by atoms with Crippen molar-refractivity contribution in [3.05, 3.63) is 0 Å². The van der Waals surface area contributed by atoms with Gasteiger partial charge in [0.1, 0.15) is 12.2 Å². The second-order valence-corrected chi connectivity index (χ2v) is 5.19. The smallest absolute Gasteiger partial charge is 0.237 e. The molecule has 0 aromatic rings. The lowest BCUT2D eigenvalue weighted by Gasteiger charge is -2.27. The number of methoxy groups -OCH3 is 1. The molecule has 0 aromatic heterocycles. The number of rotatable bonds is 5. The molecule has 2 atom stereocenters. The summed E-state index contributed by atoms with van der Waals surface area (Å²) < 4.78 is 18.2. The van der Waals surface area contributed by atoms with Gasteiger partial charge >= 0.3 is 0 Å². The maximum absolute atomic E-state index is 13.2. The monoisotopic (exact) mass is 293 g/mol. The molecule has 5 nitrogen and oxygen atoms in total. The number of carbonyl (C=O) groups is 1. The molecule has 0 saturated carbocycles. The number of carbonyl (C=O) groups excluding carboxylic acids is 1. The van der Waals surface area contributed by atoms with Gasteiger partial charge in [0.05, 0.1) is 25.8 Å². The zero-order valence-electron chi connectivity index (χ0n) is 11.5. The first-order chi connectivity index (χ1) is 8.39. The van der Waals surface area contributed by atoms with Gasteiger partial charge in [0, 0.05) is 19.1 Å². The Labute approximate surface area is 119 Å². The summed E-state index contributed by atoms with van der Waals surface area (Å²) in [5.41, 5.74) is -0.332. The Kier molecular flexibility index (Phi) is 7.27. The minimum Gasteiger partial charge on any atom is -0.383 e. The lowest BCUT2D eigenvalue weighted by atomic mass is 10.1. The van der Waals surface area contributed by atoms with Crippen LogP contribution in [-0.4, -0.2) is 55.4 Å². The van der Waals surface area contributed by atoms with E-state index in [1.165, 1.54) is 4.90 Å². The second-order valence-electron chi connectivity index (χ2n) is 5.19. The van der Waals surface area contributed by atoms with Crippen molar-refractivity contribution in [1.29, 1.82) is 5.26 Å². The van der Waals surface area contributed by atoms with Gasteiger partial charge in [-0.3, -0.25) is 4.79 Å². The van der Waals surface area contributed by atoms with E-state index < -0.39 is 12.2 Å². The maximum Gasteiger partial charge on any atom is 0.237 e. The molecule has 0 unspecified atom stereocenters. The Morgan fingerprint density at radius 1 is 1.63 bits per heavy atom. The molecular weight excluding hydrogens is 273 g/mol. The largest absolute Gasteiger partial charge is 0.383 e. The summed E-state index contributed by atoms with van der Waals surface area (Å²) in [6.45, 7) is 4.39. The molecule has 1 N–H and O–H groups in total. The number of ether oxygens (including phenoxy) is 1. The van der Waals surface area contributed by atoms with Crippen molar-refractivity contribution in [1.82, 2.24) is 10.2 Å². The van der Waals surface area contributed by atoms with Crippen LogP contribution < -0.4 is 5.32 Å². The molecule has 110 valence electrons. The Balaban J connectivity index is 0.00000324. The third kappa shape index (κ3) is 5.31. The first kappa shape index (κ1) is 18.1. The van der Waals surface area contributed by atoms with E-state index in [1.807, 2.05) is 19.9 Å². The van der Waals surface area contributed by atoms with Crippen molar-refractivity contribution in [2.45, 2.75) is 38.0 Å². The normalized spacial score (nSPS) is 22.8. The number of likely N-dealkylation sites (tertiary alicyclic amines) is 1. The van der Waals surface area contributed by atoms with Crippen molar-refractivity contribution < 1.29 is 13.9 Å². The molecule has 1 aliphatic heterocycles. The highest BCUT2D eigenvalue weighted by molar-refractivity contribution is 5.85. The van der Waals surface area contributed by atoms with Crippen LogP contribution in [0.3, 0.4) is 0 Å². The fourth-order valence-corrected chi connectivity index (χ4v) is 2.01. The summed E-state index contributed by atoms with van der Waals surface area (Å²) in [4.78, 5) is 13.2. The van der Waals surface area contributed by atoms with Crippen LogP contribution >= 0.6 is 12.4 Å². The molecule has 19 heavy (non-hydrogen) atoms. The molecule has 0 bridgehead atoms. The quantitative estimate of drug-likeness (QED) is 0.817. The van der Waals surface area contributed by atoms with Crippen LogP contribution in [0.1, 0.15) is 20.3 Å². The highest BCUT2D eigenvalue weighted by Crippen LogP contribution is 2.19. The molecule has 0 aromatic carbocycles. The summed E-state index contributed by atoms with van der Waals surface area (Å²) in [6.07, 6.45) is -0.977. The Morgan fingerprint density at radius 3 is 2.79 bits per heavy atom. The van der Waals surface area contributed by atoms with E-state index in [-0.39, 0.29) is 43.4 Å². The van der Waals surface area contributed by atoms with Crippen molar-refractivity contribution >= 4 is 18.3 Å². The highest BCUT2D eigenvalue weighted by atomic mass is 35.5. The molecule has 1 fully saturated rings. The molecule has 0 radical (unpaired) electrons. The zero-order valence-corrected chi connectivity index (χ0v) is 12.3. The highest BCUT2D eigenvalue weighted by Gasteiger charge is 2.35. The minimum atomic E-state index is -1.09. The number of nitrogens with zero attached hydrogens (tertiary/aromatic N) is 2. The number of halogens is 2. The average Bonchev–Trinajstić information content (AvgIpc) is 2.67. The molecule has 1 heterocycles. The Hall–Kier alpha value is -0.900. The molecule has 1 saturated heterocycles. The zero-order chi connectivity index (χ0) is 13.8. The van der Waals surface area contributed by atoms with Gasteiger partial charge < -0.3 is 15.0 Å². The van der Waals surface area contributed by atoms with Crippen LogP contribution in [-0.2, 0) is 9.53 Å². The number of hydrogen-bond acceptors (Lipinski definition) is 4. The topological polar surface area (TPSA) is 65.4 Å². The van der Waals surface area contributed by atoms with Crippen LogP contribution in [0.15, 0.2) is 0 Å². The summed E-state index contributed by atoms with van der Waals surface area (Å²) in [5, 5.41) is 11.9. The van der Waals surface area contributed by atoms with E-state index in [2.05, 4.69) is 5.32 Å². The lowest BCUT2D eigenvalue weighted by Crippen LogP contribution is -2.49. The summed E-state index contributed by atoms with van der Waals surface area (Å²) in [7, 11) is 1.59. The third-order valence-corrected chi connectivity index (χ3v) is 2.94. The van der Waals surface area contributed by atoms with Crippen LogP contribution in [0.2, 0.25) is 0 Å². The first-order valence-corrected chi connectivity index (χ1v) is 5.96. The minimum absolute atomic E-state index is 0. The van der Waals surface area contributed by atoms with Crippen molar-refractivity contribution in [3.63, 3.8) is 0 Å². The van der Waals surface area contributed by atoms with Gasteiger partial charge in [-0.25, -0.2) is 4.39 Å². The summed E-state index contributed by atoms with van der Waals surface area (Å²) in [6, 6.07) is 1.32. The van der Waals surface area contributed by atoms with Crippen molar-refractivity contribution in [2.75, 3.05) is 26.8 Å². The molecule has 0 spiro atoms. The predicted molar refractivity (Wildman–Crippen MR) is 71.8 cm³/mol. The van der Waals surface area contributed by atoms with Crippen LogP contribution in [0.25, 0.3) is 0 Å². The van der Waals surface area contributed by atoms with E-state index in [0.717, 1.165) is 0 Å². The Bertz CT molecular complexity index is 346. The molecular formula is C12H21ClFN3O2. The van der Waals surface area contributed by atoms with E-state index in [0.29, 0.717) is 6.61 Å². The molecule has 1 amide bonds. The van der Waals surface area contributed by atoms with Gasteiger partial charge in [0.15, 0.2) is 0 Å². The third-order valence-electron chi connectivity index (χ3n) is 2.94. The standard InChI is InChI=1S/C12H20FN3O2.ClH/c1-12(2,8-18-3)15-6-11(17)16-7-9(13)4-10(16)5-14;/h9-10,15H,4,6-8H2,1-3H3;1H/t9-,10-;/m0./s1. The fourth-order valence-electron chi connectivity index (χ4n) is 2.01. The van der Waals surface area contributed by atoms with Crippen molar-refractivity contribution in [3.8, 4) is 6.07 Å². The van der Waals surface area contributed by atoms with Crippen molar-refractivity contribution in [2.24, 2.45) is 0 Å². The second kappa shape index (κ2) is 7.63. The number of nitrogens with one attached hydrogen (secondary N) is 1. The van der Waals surface area contributed by atoms with E-state index in [1.54, 1.807) is 7.11 Å². The maximum atomic E-state index is 13.2. The van der Waals surface area contributed by atoms with E-state index in [4.69, 9.17) is 10.00 Å². The molecule has 0 aliphatic carbocycles. The van der Waals surface area contributed by atoms with Gasteiger partial charge in [0.25, 0.3) is 0 Å². The molecule has 1 rings (SSSR count). The number of nitriles is 1. The van der Waals surface area contributed by atoms with Crippen LogP contribution in [0, 0.1) is 11.3 Å². The van der Waals surface area contributed by atoms with Gasteiger partial charge in [-0.05, 0) is 13.8 Å². The predicted octanol–water partition coefficient (Wildman–Crippen LogP) is 0.885. The summed E-state index contributed by atoms with van der Waals surface area (Å²) in [5.74, 6) is -0.245. The van der Waals surface area contributed by atoms with Crippen LogP contribution in [0.4, 0.5) is 4.39 Å². The van der Waals surface area contributed by atoms with Gasteiger partial charge in [-0.15, -0.1) is 12.4 Å². The number of alkyl halides is 1. The van der Waals surface area contributed by atoms with Gasteiger partial charge in [0.2, 0.25) is 5.91 Å². The number of hydrogen-bond donors (Lipinski definition) is 1. The molecule has 1 aliphatic rings. The molecule has 7 heteroatoms. The fraction of sp³-hybridized carbons (Fsp3) is 0.833. The summed E-state index contributed by atoms with van der Waals surface area (Å²) >= 11 is 0. The van der Waals surface area contributed by atoms with Gasteiger partial charge in [-0.2, -0.15) is 5.26 Å². The van der Waals surface area contributed by atoms with Crippen LogP contribution in [0.5, 0.6) is 0 Å². The number of amides is 1. The SMILES string of the molecule is COCC(C)(C)NCC(=O)N1C[C@@H](F)C[C@H]1C#N.Cl. The lowest BCUT2D eigenvalue weighted by molar-refractivity contribution is -0.130. The average molecular weight is 294 g/mol.